The first-order valence-corrected chi connectivity index (χ1v) is 6.52. The van der Waals surface area contributed by atoms with Crippen LogP contribution in [0, 0.1) is 23.7 Å². The Bertz CT molecular complexity index is 221. The molecule has 0 aromatic rings. The summed E-state index contributed by atoms with van der Waals surface area (Å²) < 4.78 is 11.4. The summed E-state index contributed by atoms with van der Waals surface area (Å²) in [5.74, 6) is 3.44. The average Bonchev–Trinajstić information content (AvgIpc) is 2.72. The molecule has 2 saturated heterocycles. The number of rotatable bonds is 2. The topological polar surface area (TPSA) is 18.5 Å². The van der Waals surface area contributed by atoms with Crippen molar-refractivity contribution in [1.29, 1.82) is 0 Å². The molecule has 0 radical (unpaired) electrons. The second-order valence-corrected chi connectivity index (χ2v) is 5.82. The molecule has 5 atom stereocenters. The second-order valence-electron chi connectivity index (χ2n) is 5.82. The van der Waals surface area contributed by atoms with E-state index in [4.69, 9.17) is 9.47 Å². The Morgan fingerprint density at radius 2 is 2.07 bits per heavy atom. The van der Waals surface area contributed by atoms with Gasteiger partial charge in [-0.15, -0.1) is 0 Å². The molecule has 15 heavy (non-hydrogen) atoms. The van der Waals surface area contributed by atoms with E-state index in [-0.39, 0.29) is 0 Å². The molecule has 5 unspecified atom stereocenters. The second kappa shape index (κ2) is 4.06. The average molecular weight is 210 g/mol. The van der Waals surface area contributed by atoms with Crippen LogP contribution in [0.5, 0.6) is 0 Å². The number of fused-ring (bicyclic) bond motifs is 1. The molecule has 86 valence electrons. The summed E-state index contributed by atoms with van der Waals surface area (Å²) in [6.45, 7) is 5.39. The highest BCUT2D eigenvalue weighted by molar-refractivity contribution is 4.92. The molecular formula is C13H22O2. The van der Waals surface area contributed by atoms with Gasteiger partial charge in [0, 0.05) is 19.8 Å². The zero-order valence-corrected chi connectivity index (χ0v) is 9.65. The van der Waals surface area contributed by atoms with Gasteiger partial charge < -0.3 is 9.47 Å². The van der Waals surface area contributed by atoms with E-state index in [0.717, 1.165) is 43.5 Å². The Morgan fingerprint density at radius 3 is 2.80 bits per heavy atom. The van der Waals surface area contributed by atoms with Gasteiger partial charge in [-0.05, 0) is 49.4 Å². The molecule has 2 nitrogen and oxygen atoms in total. The van der Waals surface area contributed by atoms with Crippen LogP contribution in [0.1, 0.15) is 32.6 Å². The fourth-order valence-electron chi connectivity index (χ4n) is 3.58. The molecule has 3 rings (SSSR count). The summed E-state index contributed by atoms with van der Waals surface area (Å²) in [6.07, 6.45) is 5.97. The van der Waals surface area contributed by atoms with E-state index in [1.165, 1.54) is 25.7 Å². The van der Waals surface area contributed by atoms with Gasteiger partial charge in [-0.1, -0.05) is 6.92 Å². The molecule has 2 aliphatic heterocycles. The third-order valence-electron chi connectivity index (χ3n) is 4.65. The van der Waals surface area contributed by atoms with Crippen LogP contribution >= 0.6 is 0 Å². The molecule has 3 fully saturated rings. The largest absolute Gasteiger partial charge is 0.381 e. The minimum atomic E-state index is 0.621. The summed E-state index contributed by atoms with van der Waals surface area (Å²) in [5.41, 5.74) is 0. The van der Waals surface area contributed by atoms with Gasteiger partial charge >= 0.3 is 0 Å². The Morgan fingerprint density at radius 1 is 1.13 bits per heavy atom. The van der Waals surface area contributed by atoms with Gasteiger partial charge in [-0.2, -0.15) is 0 Å². The van der Waals surface area contributed by atoms with Crippen molar-refractivity contribution in [2.75, 3.05) is 19.8 Å². The van der Waals surface area contributed by atoms with E-state index < -0.39 is 0 Å². The van der Waals surface area contributed by atoms with E-state index >= 15 is 0 Å². The fourth-order valence-corrected chi connectivity index (χ4v) is 3.58. The third-order valence-corrected chi connectivity index (χ3v) is 4.65. The van der Waals surface area contributed by atoms with Gasteiger partial charge in [0.15, 0.2) is 0 Å². The molecule has 2 heterocycles. The van der Waals surface area contributed by atoms with E-state index in [2.05, 4.69) is 6.92 Å². The Labute approximate surface area is 92.3 Å². The van der Waals surface area contributed by atoms with Crippen molar-refractivity contribution in [2.45, 2.75) is 38.7 Å². The lowest BCUT2D eigenvalue weighted by Gasteiger charge is -2.48. The molecule has 3 aliphatic rings. The Hall–Kier alpha value is -0.0800. The van der Waals surface area contributed by atoms with Crippen LogP contribution in [-0.2, 0) is 9.47 Å². The molecule has 1 saturated carbocycles. The maximum Gasteiger partial charge on any atom is 0.0608 e. The minimum Gasteiger partial charge on any atom is -0.381 e. The first-order chi connectivity index (χ1) is 7.33. The minimum absolute atomic E-state index is 0.621. The molecule has 1 aliphatic carbocycles. The summed E-state index contributed by atoms with van der Waals surface area (Å²) in [6, 6.07) is 0. The number of hydrogen-bond donors (Lipinski definition) is 0. The standard InChI is InChI=1S/C13H22O2/c1-9-4-13-12(9)6-11(8-15-13)5-10-2-3-14-7-10/h9-13H,2-8H2,1H3. The van der Waals surface area contributed by atoms with Crippen molar-refractivity contribution < 1.29 is 9.47 Å². The highest BCUT2D eigenvalue weighted by Gasteiger charge is 2.43. The monoisotopic (exact) mass is 210 g/mol. The molecule has 0 bridgehead atoms. The third kappa shape index (κ3) is 1.94. The molecule has 2 heteroatoms. The van der Waals surface area contributed by atoms with Gasteiger partial charge in [0.25, 0.3) is 0 Å². The SMILES string of the molecule is CC1CC2OCC(CC3CCOC3)CC12. The number of ether oxygens (including phenoxy) is 2. The highest BCUT2D eigenvalue weighted by Crippen LogP contribution is 2.45. The van der Waals surface area contributed by atoms with Gasteiger partial charge in [0.1, 0.15) is 0 Å². The van der Waals surface area contributed by atoms with Crippen molar-refractivity contribution in [2.24, 2.45) is 23.7 Å². The Balaban J connectivity index is 1.50. The van der Waals surface area contributed by atoms with Crippen LogP contribution < -0.4 is 0 Å². The summed E-state index contributed by atoms with van der Waals surface area (Å²) in [5, 5.41) is 0. The summed E-state index contributed by atoms with van der Waals surface area (Å²) in [7, 11) is 0. The fraction of sp³-hybridized carbons (Fsp3) is 1.00. The molecule has 0 aromatic heterocycles. The van der Waals surface area contributed by atoms with Gasteiger partial charge in [0.05, 0.1) is 6.10 Å². The van der Waals surface area contributed by atoms with Crippen LogP contribution in [0.2, 0.25) is 0 Å². The lowest BCUT2D eigenvalue weighted by molar-refractivity contribution is -0.140. The highest BCUT2D eigenvalue weighted by atomic mass is 16.5. The maximum atomic E-state index is 5.93. The van der Waals surface area contributed by atoms with E-state index in [1.54, 1.807) is 0 Å². The molecule has 0 amide bonds. The van der Waals surface area contributed by atoms with Crippen LogP contribution in [0.15, 0.2) is 0 Å². The van der Waals surface area contributed by atoms with Crippen molar-refractivity contribution >= 4 is 0 Å². The van der Waals surface area contributed by atoms with Crippen LogP contribution in [0.4, 0.5) is 0 Å². The zero-order valence-electron chi connectivity index (χ0n) is 9.65. The van der Waals surface area contributed by atoms with Crippen LogP contribution in [-0.4, -0.2) is 25.9 Å². The van der Waals surface area contributed by atoms with Crippen LogP contribution in [0.25, 0.3) is 0 Å². The van der Waals surface area contributed by atoms with Crippen molar-refractivity contribution in [3.63, 3.8) is 0 Å². The smallest absolute Gasteiger partial charge is 0.0608 e. The number of hydrogen-bond acceptors (Lipinski definition) is 2. The van der Waals surface area contributed by atoms with Gasteiger partial charge in [0.2, 0.25) is 0 Å². The molecule has 0 spiro atoms. The van der Waals surface area contributed by atoms with E-state index in [0.29, 0.717) is 6.10 Å². The van der Waals surface area contributed by atoms with Gasteiger partial charge in [-0.25, -0.2) is 0 Å². The Kier molecular flexibility index (Phi) is 2.73. The van der Waals surface area contributed by atoms with Crippen molar-refractivity contribution in [3.8, 4) is 0 Å². The quantitative estimate of drug-likeness (QED) is 0.697. The zero-order chi connectivity index (χ0) is 10.3. The van der Waals surface area contributed by atoms with Crippen molar-refractivity contribution in [1.82, 2.24) is 0 Å². The summed E-state index contributed by atoms with van der Waals surface area (Å²) in [4.78, 5) is 0. The van der Waals surface area contributed by atoms with Crippen molar-refractivity contribution in [3.05, 3.63) is 0 Å². The predicted molar refractivity (Wildman–Crippen MR) is 58.7 cm³/mol. The van der Waals surface area contributed by atoms with E-state index in [9.17, 15) is 0 Å². The normalized spacial score (nSPS) is 49.8. The lowest BCUT2D eigenvalue weighted by atomic mass is 9.66. The first kappa shape index (κ1) is 10.1. The first-order valence-electron chi connectivity index (χ1n) is 6.52. The van der Waals surface area contributed by atoms with Crippen LogP contribution in [0.3, 0.4) is 0 Å². The molecule has 0 N–H and O–H groups in total. The lowest BCUT2D eigenvalue weighted by Crippen LogP contribution is -2.47. The predicted octanol–water partition coefficient (Wildman–Crippen LogP) is 2.47. The van der Waals surface area contributed by atoms with Gasteiger partial charge in [-0.3, -0.25) is 0 Å². The van der Waals surface area contributed by atoms with E-state index in [1.807, 2.05) is 0 Å². The molecule has 0 aromatic carbocycles. The maximum absolute atomic E-state index is 5.93. The molecular weight excluding hydrogens is 188 g/mol. The summed E-state index contributed by atoms with van der Waals surface area (Å²) >= 11 is 0.